The van der Waals surface area contributed by atoms with Gasteiger partial charge >= 0.3 is 0 Å². The van der Waals surface area contributed by atoms with Crippen LogP contribution in [0.3, 0.4) is 0 Å². The summed E-state index contributed by atoms with van der Waals surface area (Å²) >= 11 is 0. The number of anilines is 1. The molecule has 0 N–H and O–H groups in total. The minimum atomic E-state index is -3.76. The molecule has 0 atom stereocenters. The van der Waals surface area contributed by atoms with E-state index < -0.39 is 10.0 Å². The normalized spacial score (nSPS) is 11.7. The van der Waals surface area contributed by atoms with Gasteiger partial charge in [0.05, 0.1) is 27.5 Å². The summed E-state index contributed by atoms with van der Waals surface area (Å²) in [6.45, 7) is 12.1. The van der Waals surface area contributed by atoms with Crippen molar-refractivity contribution >= 4 is 15.7 Å². The van der Waals surface area contributed by atoms with Crippen LogP contribution in [0.25, 0.3) is 0 Å². The van der Waals surface area contributed by atoms with Gasteiger partial charge in [0.25, 0.3) is 10.0 Å². The van der Waals surface area contributed by atoms with Crippen LogP contribution >= 0.6 is 0 Å². The highest BCUT2D eigenvalue weighted by Gasteiger charge is 2.27. The molecule has 0 amide bonds. The Morgan fingerprint density at radius 2 is 1.68 bits per heavy atom. The van der Waals surface area contributed by atoms with E-state index in [0.29, 0.717) is 36.0 Å². The molecule has 166 valence electrons. The number of aryl methyl sites for hydroxylation is 4. The SMILES string of the molecule is Cc1ccc(N(CC(C)C)S(=O)(=O)c2ccc(OCc3c(C)noc3C)cc2)c(C)n1. The van der Waals surface area contributed by atoms with Crippen LogP contribution in [-0.4, -0.2) is 25.1 Å². The Bertz CT molecular complexity index is 1130. The lowest BCUT2D eigenvalue weighted by molar-refractivity contribution is 0.301. The molecule has 1 aromatic carbocycles. The Kier molecular flexibility index (Phi) is 6.69. The van der Waals surface area contributed by atoms with Crippen LogP contribution in [0.15, 0.2) is 45.8 Å². The first-order valence-electron chi connectivity index (χ1n) is 10.2. The zero-order valence-corrected chi connectivity index (χ0v) is 19.7. The third-order valence-electron chi connectivity index (χ3n) is 4.97. The van der Waals surface area contributed by atoms with E-state index in [2.05, 4.69) is 10.1 Å². The Balaban J connectivity index is 1.86. The number of pyridine rings is 1. The summed E-state index contributed by atoms with van der Waals surface area (Å²) in [7, 11) is -3.76. The molecule has 0 spiro atoms. The van der Waals surface area contributed by atoms with E-state index in [1.165, 1.54) is 4.31 Å². The van der Waals surface area contributed by atoms with E-state index in [1.807, 2.05) is 53.7 Å². The minimum absolute atomic E-state index is 0.146. The molecule has 3 rings (SSSR count). The van der Waals surface area contributed by atoms with Gasteiger partial charge in [-0.1, -0.05) is 19.0 Å². The highest BCUT2D eigenvalue weighted by molar-refractivity contribution is 7.92. The second-order valence-corrected chi connectivity index (χ2v) is 9.91. The van der Waals surface area contributed by atoms with Gasteiger partial charge in [0.2, 0.25) is 0 Å². The largest absolute Gasteiger partial charge is 0.489 e. The summed E-state index contributed by atoms with van der Waals surface area (Å²) in [4.78, 5) is 4.65. The van der Waals surface area contributed by atoms with Gasteiger partial charge in [0.1, 0.15) is 18.1 Å². The van der Waals surface area contributed by atoms with Crippen LogP contribution in [0.4, 0.5) is 5.69 Å². The highest BCUT2D eigenvalue weighted by atomic mass is 32.2. The maximum absolute atomic E-state index is 13.5. The first kappa shape index (κ1) is 22.8. The molecular weight excluding hydrogens is 414 g/mol. The van der Waals surface area contributed by atoms with E-state index in [-0.39, 0.29) is 10.8 Å². The molecule has 0 aliphatic rings. The molecule has 0 aliphatic heterocycles. The average molecular weight is 444 g/mol. The van der Waals surface area contributed by atoms with Crippen molar-refractivity contribution in [2.75, 3.05) is 10.8 Å². The summed E-state index contributed by atoms with van der Waals surface area (Å²) < 4.78 is 39.4. The fraction of sp³-hybridized carbons (Fsp3) is 0.391. The summed E-state index contributed by atoms with van der Waals surface area (Å²) in [6.07, 6.45) is 0. The summed E-state index contributed by atoms with van der Waals surface area (Å²) in [6, 6.07) is 10.1. The van der Waals surface area contributed by atoms with Gasteiger partial charge in [-0.25, -0.2) is 8.42 Å². The average Bonchev–Trinajstić information content (AvgIpc) is 3.02. The van der Waals surface area contributed by atoms with E-state index in [0.717, 1.165) is 17.0 Å². The quantitative estimate of drug-likeness (QED) is 0.500. The van der Waals surface area contributed by atoms with Crippen LogP contribution in [0, 0.1) is 33.6 Å². The first-order chi connectivity index (χ1) is 14.6. The van der Waals surface area contributed by atoms with E-state index in [1.54, 1.807) is 24.3 Å². The van der Waals surface area contributed by atoms with Crippen molar-refractivity contribution in [3.05, 3.63) is 64.8 Å². The van der Waals surface area contributed by atoms with Crippen LogP contribution in [0.1, 0.15) is 42.3 Å². The van der Waals surface area contributed by atoms with Crippen molar-refractivity contribution in [2.45, 2.75) is 53.0 Å². The van der Waals surface area contributed by atoms with Crippen LogP contribution < -0.4 is 9.04 Å². The maximum Gasteiger partial charge on any atom is 0.264 e. The predicted molar refractivity (Wildman–Crippen MR) is 120 cm³/mol. The number of rotatable bonds is 8. The molecule has 31 heavy (non-hydrogen) atoms. The van der Waals surface area contributed by atoms with E-state index in [4.69, 9.17) is 9.26 Å². The van der Waals surface area contributed by atoms with Crippen LogP contribution in [-0.2, 0) is 16.6 Å². The van der Waals surface area contributed by atoms with Crippen molar-refractivity contribution in [3.8, 4) is 5.75 Å². The maximum atomic E-state index is 13.5. The van der Waals surface area contributed by atoms with Gasteiger partial charge in [0, 0.05) is 12.2 Å². The Hall–Kier alpha value is -2.87. The van der Waals surface area contributed by atoms with Gasteiger partial charge in [0.15, 0.2) is 0 Å². The highest BCUT2D eigenvalue weighted by Crippen LogP contribution is 2.28. The number of ether oxygens (including phenoxy) is 1. The van der Waals surface area contributed by atoms with Crippen LogP contribution in [0.2, 0.25) is 0 Å². The summed E-state index contributed by atoms with van der Waals surface area (Å²) in [5.41, 5.74) is 3.80. The second kappa shape index (κ2) is 9.09. The van der Waals surface area contributed by atoms with Crippen molar-refractivity contribution in [3.63, 3.8) is 0 Å². The third kappa shape index (κ3) is 5.07. The summed E-state index contributed by atoms with van der Waals surface area (Å²) in [5.74, 6) is 1.43. The molecule has 3 aromatic rings. The summed E-state index contributed by atoms with van der Waals surface area (Å²) in [5, 5.41) is 3.91. The minimum Gasteiger partial charge on any atom is -0.489 e. The van der Waals surface area contributed by atoms with E-state index in [9.17, 15) is 8.42 Å². The molecule has 0 saturated heterocycles. The van der Waals surface area contributed by atoms with E-state index >= 15 is 0 Å². The monoisotopic (exact) mass is 443 g/mol. The lowest BCUT2D eigenvalue weighted by Crippen LogP contribution is -2.35. The Labute approximate surface area is 184 Å². The molecule has 0 fully saturated rings. The molecule has 0 radical (unpaired) electrons. The topological polar surface area (TPSA) is 85.5 Å². The Morgan fingerprint density at radius 3 is 2.23 bits per heavy atom. The lowest BCUT2D eigenvalue weighted by atomic mass is 10.2. The number of hydrogen-bond donors (Lipinski definition) is 0. The second-order valence-electron chi connectivity index (χ2n) is 8.05. The first-order valence-corrected chi connectivity index (χ1v) is 11.6. The van der Waals surface area contributed by atoms with Crippen molar-refractivity contribution in [2.24, 2.45) is 5.92 Å². The number of sulfonamides is 1. The van der Waals surface area contributed by atoms with Crippen LogP contribution in [0.5, 0.6) is 5.75 Å². The Morgan fingerprint density at radius 1 is 1.00 bits per heavy atom. The molecule has 2 aromatic heterocycles. The fourth-order valence-corrected chi connectivity index (χ4v) is 4.98. The molecular formula is C23H29N3O4S. The van der Waals surface area contributed by atoms with Crippen molar-refractivity contribution in [1.82, 2.24) is 10.1 Å². The zero-order chi connectivity index (χ0) is 22.8. The molecule has 8 heteroatoms. The predicted octanol–water partition coefficient (Wildman–Crippen LogP) is 4.73. The van der Waals surface area contributed by atoms with Gasteiger partial charge < -0.3 is 9.26 Å². The zero-order valence-electron chi connectivity index (χ0n) is 18.8. The van der Waals surface area contributed by atoms with Gasteiger partial charge in [-0.05, 0) is 70.0 Å². The number of aromatic nitrogens is 2. The fourth-order valence-electron chi connectivity index (χ4n) is 3.30. The number of hydrogen-bond acceptors (Lipinski definition) is 6. The molecule has 0 saturated carbocycles. The third-order valence-corrected chi connectivity index (χ3v) is 6.77. The molecule has 0 bridgehead atoms. The molecule has 0 unspecified atom stereocenters. The standard InChI is InChI=1S/C23H29N3O4S/c1-15(2)13-26(23-12-7-16(3)24-18(23)5)31(27,28)21-10-8-20(9-11-21)29-14-22-17(4)25-30-19(22)6/h7-12,15H,13-14H2,1-6H3. The van der Waals surface area contributed by atoms with Crippen molar-refractivity contribution < 1.29 is 17.7 Å². The molecule has 0 aliphatic carbocycles. The molecule has 7 nitrogen and oxygen atoms in total. The smallest absolute Gasteiger partial charge is 0.264 e. The number of benzene rings is 1. The number of nitrogens with zero attached hydrogens (tertiary/aromatic N) is 3. The van der Waals surface area contributed by atoms with Gasteiger partial charge in [-0.3, -0.25) is 9.29 Å². The lowest BCUT2D eigenvalue weighted by Gasteiger charge is -2.27. The van der Waals surface area contributed by atoms with Gasteiger partial charge in [-0.2, -0.15) is 0 Å². The van der Waals surface area contributed by atoms with Gasteiger partial charge in [-0.15, -0.1) is 0 Å². The molecule has 2 heterocycles. The van der Waals surface area contributed by atoms with Crippen molar-refractivity contribution in [1.29, 1.82) is 0 Å².